The summed E-state index contributed by atoms with van der Waals surface area (Å²) in [7, 11) is 0. The molecule has 0 aliphatic carbocycles. The summed E-state index contributed by atoms with van der Waals surface area (Å²) in [6.45, 7) is 0.371. The van der Waals surface area contributed by atoms with Crippen LogP contribution >= 0.6 is 11.3 Å². The molecule has 3 aromatic rings. The predicted molar refractivity (Wildman–Crippen MR) is 92.4 cm³/mol. The van der Waals surface area contributed by atoms with Crippen LogP contribution in [-0.4, -0.2) is 32.6 Å². The van der Waals surface area contributed by atoms with Gasteiger partial charge in [0.2, 0.25) is 5.91 Å². The van der Waals surface area contributed by atoms with Gasteiger partial charge in [-0.2, -0.15) is 0 Å². The molecule has 0 aliphatic heterocycles. The van der Waals surface area contributed by atoms with Gasteiger partial charge >= 0.3 is 0 Å². The Morgan fingerprint density at radius 2 is 2.08 bits per heavy atom. The Bertz CT molecular complexity index is 771. The van der Waals surface area contributed by atoms with Crippen LogP contribution < -0.4 is 5.32 Å². The molecule has 3 rings (SSSR count). The zero-order chi connectivity index (χ0) is 16.8. The first-order valence-electron chi connectivity index (χ1n) is 7.66. The molecule has 2 aromatic heterocycles. The third-order valence-corrected chi connectivity index (χ3v) is 4.50. The molecule has 0 radical (unpaired) electrons. The minimum absolute atomic E-state index is 0.0996. The fraction of sp³-hybridized carbons (Fsp3) is 0.235. The van der Waals surface area contributed by atoms with E-state index < -0.39 is 6.04 Å². The second-order valence-corrected chi connectivity index (χ2v) is 6.31. The molecule has 0 bridgehead atoms. The van der Waals surface area contributed by atoms with Crippen molar-refractivity contribution in [3.8, 4) is 11.3 Å². The number of nitrogens with one attached hydrogen (secondary N) is 1. The molecule has 1 unspecified atom stereocenters. The standard InChI is InChI=1S/C17H18N4O2S/c22-9-8-16(17(23)18-11-14-7-4-10-24-14)21-12-15(19-20-21)13-5-2-1-3-6-13/h1-7,10,12,16,22H,8-9,11H2,(H,18,23). The van der Waals surface area contributed by atoms with Gasteiger partial charge in [0.15, 0.2) is 0 Å². The fourth-order valence-corrected chi connectivity index (χ4v) is 3.03. The van der Waals surface area contributed by atoms with Crippen LogP contribution in [0.1, 0.15) is 17.3 Å². The summed E-state index contributed by atoms with van der Waals surface area (Å²) in [5.41, 5.74) is 1.63. The van der Waals surface area contributed by atoms with Gasteiger partial charge in [-0.05, 0) is 11.4 Å². The highest BCUT2D eigenvalue weighted by Crippen LogP contribution is 2.18. The molecule has 1 aromatic carbocycles. The van der Waals surface area contributed by atoms with Crippen molar-refractivity contribution in [2.45, 2.75) is 19.0 Å². The van der Waals surface area contributed by atoms with Crippen LogP contribution in [0.4, 0.5) is 0 Å². The van der Waals surface area contributed by atoms with Crippen LogP contribution in [0.5, 0.6) is 0 Å². The molecule has 0 fully saturated rings. The van der Waals surface area contributed by atoms with E-state index in [1.165, 1.54) is 4.68 Å². The minimum Gasteiger partial charge on any atom is -0.396 e. The van der Waals surface area contributed by atoms with E-state index in [0.29, 0.717) is 12.2 Å². The van der Waals surface area contributed by atoms with Crippen molar-refractivity contribution in [2.75, 3.05) is 6.61 Å². The highest BCUT2D eigenvalue weighted by Gasteiger charge is 2.21. The van der Waals surface area contributed by atoms with E-state index in [0.717, 1.165) is 10.4 Å². The summed E-state index contributed by atoms with van der Waals surface area (Å²) >= 11 is 1.59. The van der Waals surface area contributed by atoms with Gasteiger partial charge in [0.25, 0.3) is 0 Å². The van der Waals surface area contributed by atoms with E-state index in [1.54, 1.807) is 17.5 Å². The summed E-state index contributed by atoms with van der Waals surface area (Å²) in [5.74, 6) is -0.179. The quantitative estimate of drug-likeness (QED) is 0.690. The normalized spacial score (nSPS) is 12.0. The van der Waals surface area contributed by atoms with Gasteiger partial charge < -0.3 is 10.4 Å². The molecule has 1 atom stereocenters. The zero-order valence-corrected chi connectivity index (χ0v) is 13.8. The number of aliphatic hydroxyl groups excluding tert-OH is 1. The van der Waals surface area contributed by atoms with Crippen LogP contribution in [0, 0.1) is 0 Å². The molecule has 0 spiro atoms. The highest BCUT2D eigenvalue weighted by molar-refractivity contribution is 7.09. The Morgan fingerprint density at radius 3 is 2.79 bits per heavy atom. The van der Waals surface area contributed by atoms with Gasteiger partial charge in [-0.25, -0.2) is 4.68 Å². The highest BCUT2D eigenvalue weighted by atomic mass is 32.1. The number of carbonyl (C=O) groups excluding carboxylic acids is 1. The predicted octanol–water partition coefficient (Wildman–Crippen LogP) is 2.25. The van der Waals surface area contributed by atoms with E-state index >= 15 is 0 Å². The summed E-state index contributed by atoms with van der Waals surface area (Å²) < 4.78 is 1.52. The molecule has 1 amide bonds. The third-order valence-electron chi connectivity index (χ3n) is 3.62. The Labute approximate surface area is 143 Å². The van der Waals surface area contributed by atoms with E-state index in [2.05, 4.69) is 15.6 Å². The van der Waals surface area contributed by atoms with Crippen molar-refractivity contribution in [3.05, 3.63) is 58.9 Å². The molecular formula is C17H18N4O2S. The number of aromatic nitrogens is 3. The topological polar surface area (TPSA) is 80.0 Å². The monoisotopic (exact) mass is 342 g/mol. The zero-order valence-electron chi connectivity index (χ0n) is 13.0. The van der Waals surface area contributed by atoms with Crippen molar-refractivity contribution in [2.24, 2.45) is 0 Å². The summed E-state index contributed by atoms with van der Waals surface area (Å²) in [5, 5.41) is 22.4. The molecule has 7 heteroatoms. The van der Waals surface area contributed by atoms with Crippen molar-refractivity contribution < 1.29 is 9.90 Å². The third kappa shape index (κ3) is 3.87. The van der Waals surface area contributed by atoms with E-state index in [4.69, 9.17) is 0 Å². The maximum Gasteiger partial charge on any atom is 0.245 e. The van der Waals surface area contributed by atoms with Crippen LogP contribution in [0.15, 0.2) is 54.0 Å². The molecule has 6 nitrogen and oxygen atoms in total. The number of hydrogen-bond donors (Lipinski definition) is 2. The maximum atomic E-state index is 12.5. The lowest BCUT2D eigenvalue weighted by Gasteiger charge is -2.15. The van der Waals surface area contributed by atoms with Crippen molar-refractivity contribution in [1.82, 2.24) is 20.3 Å². The minimum atomic E-state index is -0.583. The number of rotatable bonds is 7. The average molecular weight is 342 g/mol. The number of thiophene rings is 1. The van der Waals surface area contributed by atoms with E-state index in [-0.39, 0.29) is 18.9 Å². The van der Waals surface area contributed by atoms with E-state index in [1.807, 2.05) is 47.8 Å². The van der Waals surface area contributed by atoms with Crippen molar-refractivity contribution >= 4 is 17.2 Å². The van der Waals surface area contributed by atoms with Crippen LogP contribution in [0.3, 0.4) is 0 Å². The Hall–Kier alpha value is -2.51. The molecule has 0 saturated carbocycles. The van der Waals surface area contributed by atoms with Gasteiger partial charge in [-0.3, -0.25) is 4.79 Å². The van der Waals surface area contributed by atoms with Gasteiger partial charge in [0.1, 0.15) is 11.7 Å². The molecule has 0 saturated heterocycles. The molecule has 2 heterocycles. The van der Waals surface area contributed by atoms with E-state index in [9.17, 15) is 9.90 Å². The number of carbonyl (C=O) groups is 1. The number of nitrogens with zero attached hydrogens (tertiary/aromatic N) is 3. The lowest BCUT2D eigenvalue weighted by atomic mass is 10.1. The Morgan fingerprint density at radius 1 is 1.25 bits per heavy atom. The van der Waals surface area contributed by atoms with Crippen LogP contribution in [0.25, 0.3) is 11.3 Å². The first-order chi connectivity index (χ1) is 11.8. The van der Waals surface area contributed by atoms with Gasteiger partial charge in [-0.1, -0.05) is 41.6 Å². The maximum absolute atomic E-state index is 12.5. The first-order valence-corrected chi connectivity index (χ1v) is 8.54. The van der Waals surface area contributed by atoms with Crippen LogP contribution in [0.2, 0.25) is 0 Å². The lowest BCUT2D eigenvalue weighted by molar-refractivity contribution is -0.125. The molecular weight excluding hydrogens is 324 g/mol. The van der Waals surface area contributed by atoms with Gasteiger partial charge in [0, 0.05) is 23.5 Å². The van der Waals surface area contributed by atoms with Crippen molar-refractivity contribution in [3.63, 3.8) is 0 Å². The second-order valence-electron chi connectivity index (χ2n) is 5.28. The molecule has 2 N–H and O–H groups in total. The number of aliphatic hydroxyl groups is 1. The number of benzene rings is 1. The summed E-state index contributed by atoms with van der Waals surface area (Å²) in [4.78, 5) is 13.5. The summed E-state index contributed by atoms with van der Waals surface area (Å²) in [6, 6.07) is 13.0. The van der Waals surface area contributed by atoms with Gasteiger partial charge in [0.05, 0.1) is 12.7 Å². The fourth-order valence-electron chi connectivity index (χ4n) is 2.38. The first kappa shape index (κ1) is 16.4. The van der Waals surface area contributed by atoms with Crippen molar-refractivity contribution in [1.29, 1.82) is 0 Å². The Balaban J connectivity index is 1.73. The Kier molecular flexibility index (Phi) is 5.35. The lowest BCUT2D eigenvalue weighted by Crippen LogP contribution is -2.33. The second kappa shape index (κ2) is 7.85. The average Bonchev–Trinajstić information content (AvgIpc) is 3.30. The number of hydrogen-bond acceptors (Lipinski definition) is 5. The smallest absolute Gasteiger partial charge is 0.245 e. The van der Waals surface area contributed by atoms with Gasteiger partial charge in [-0.15, -0.1) is 16.4 Å². The number of amides is 1. The molecule has 0 aliphatic rings. The molecule has 124 valence electrons. The molecule has 24 heavy (non-hydrogen) atoms. The van der Waals surface area contributed by atoms with Crippen LogP contribution in [-0.2, 0) is 11.3 Å². The summed E-state index contributed by atoms with van der Waals surface area (Å²) in [6.07, 6.45) is 2.02. The largest absolute Gasteiger partial charge is 0.396 e. The SMILES string of the molecule is O=C(NCc1cccs1)C(CCO)n1cc(-c2ccccc2)nn1.